The average molecular weight is 275 g/mol. The molecule has 0 saturated heterocycles. The third kappa shape index (κ3) is 4.34. The number of benzene rings is 1. The fourth-order valence-electron chi connectivity index (χ4n) is 2.55. The van der Waals surface area contributed by atoms with Crippen LogP contribution < -0.4 is 5.32 Å². The lowest BCUT2D eigenvalue weighted by Crippen LogP contribution is -2.07. The molecule has 0 aliphatic carbocycles. The van der Waals surface area contributed by atoms with E-state index in [9.17, 15) is 4.79 Å². The molecule has 3 nitrogen and oxygen atoms in total. The predicted molar refractivity (Wildman–Crippen MR) is 80.6 cm³/mol. The van der Waals surface area contributed by atoms with E-state index < -0.39 is 0 Å². The number of ether oxygens (including phenoxy) is 1. The Balaban J connectivity index is 1.67. The van der Waals surface area contributed by atoms with Gasteiger partial charge in [-0.1, -0.05) is 45.1 Å². The minimum absolute atomic E-state index is 0.187. The van der Waals surface area contributed by atoms with Crippen molar-refractivity contribution >= 4 is 5.97 Å². The maximum absolute atomic E-state index is 11.9. The van der Waals surface area contributed by atoms with Gasteiger partial charge in [0.25, 0.3) is 0 Å². The minimum Gasteiger partial charge on any atom is -0.462 e. The zero-order valence-corrected chi connectivity index (χ0v) is 12.4. The maximum atomic E-state index is 11.9. The number of unbranched alkanes of at least 4 members (excludes halogenated alkanes) is 5. The molecule has 0 radical (unpaired) electrons. The third-order valence-corrected chi connectivity index (χ3v) is 3.80. The summed E-state index contributed by atoms with van der Waals surface area (Å²) in [6.45, 7) is 4.52. The van der Waals surface area contributed by atoms with Crippen LogP contribution in [0, 0.1) is 0 Å². The van der Waals surface area contributed by atoms with E-state index in [0.717, 1.165) is 25.9 Å². The predicted octanol–water partition coefficient (Wildman–Crippen LogP) is 3.81. The molecule has 0 bridgehead atoms. The molecule has 20 heavy (non-hydrogen) atoms. The molecule has 0 saturated carbocycles. The highest BCUT2D eigenvalue weighted by Gasteiger charge is 2.14. The van der Waals surface area contributed by atoms with Crippen molar-refractivity contribution in [2.45, 2.75) is 58.5 Å². The van der Waals surface area contributed by atoms with Gasteiger partial charge in [0.2, 0.25) is 0 Å². The Hall–Kier alpha value is -1.35. The molecule has 0 amide bonds. The number of carbonyl (C=O) groups excluding carboxylic acids is 1. The summed E-state index contributed by atoms with van der Waals surface area (Å²) in [4.78, 5) is 11.9. The average Bonchev–Trinajstić information content (AvgIpc) is 2.93. The summed E-state index contributed by atoms with van der Waals surface area (Å²) in [5, 5.41) is 3.28. The summed E-state index contributed by atoms with van der Waals surface area (Å²) in [5.41, 5.74) is 3.19. The van der Waals surface area contributed by atoms with Crippen LogP contribution in [0.2, 0.25) is 0 Å². The van der Waals surface area contributed by atoms with Gasteiger partial charge < -0.3 is 10.1 Å². The first-order chi connectivity index (χ1) is 9.81. The third-order valence-electron chi connectivity index (χ3n) is 3.80. The van der Waals surface area contributed by atoms with Crippen LogP contribution in [-0.2, 0) is 17.8 Å². The highest BCUT2D eigenvalue weighted by molar-refractivity contribution is 5.89. The fraction of sp³-hybridized carbons (Fsp3) is 0.588. The van der Waals surface area contributed by atoms with E-state index >= 15 is 0 Å². The molecule has 0 aromatic heterocycles. The number of carbonyl (C=O) groups is 1. The van der Waals surface area contributed by atoms with Crippen LogP contribution in [0.25, 0.3) is 0 Å². The van der Waals surface area contributed by atoms with E-state index in [2.05, 4.69) is 12.2 Å². The molecular weight excluding hydrogens is 250 g/mol. The lowest BCUT2D eigenvalue weighted by Gasteiger charge is -2.06. The molecule has 3 heteroatoms. The van der Waals surface area contributed by atoms with Gasteiger partial charge >= 0.3 is 5.97 Å². The number of fused-ring (bicyclic) bond motifs is 1. The second-order valence-corrected chi connectivity index (χ2v) is 5.49. The van der Waals surface area contributed by atoms with Gasteiger partial charge in [0.05, 0.1) is 12.2 Å². The smallest absolute Gasteiger partial charge is 0.338 e. The maximum Gasteiger partial charge on any atom is 0.338 e. The first-order valence-corrected chi connectivity index (χ1v) is 7.81. The Morgan fingerprint density at radius 1 is 1.10 bits per heavy atom. The Labute approximate surface area is 121 Å². The first-order valence-electron chi connectivity index (χ1n) is 7.81. The van der Waals surface area contributed by atoms with Crippen LogP contribution in [0.3, 0.4) is 0 Å². The molecule has 0 unspecified atom stereocenters. The quantitative estimate of drug-likeness (QED) is 0.579. The zero-order valence-electron chi connectivity index (χ0n) is 12.4. The number of hydrogen-bond donors (Lipinski definition) is 1. The Bertz CT molecular complexity index is 443. The van der Waals surface area contributed by atoms with Crippen molar-refractivity contribution < 1.29 is 9.53 Å². The molecule has 0 fully saturated rings. The number of hydrogen-bond acceptors (Lipinski definition) is 3. The Morgan fingerprint density at radius 3 is 2.70 bits per heavy atom. The van der Waals surface area contributed by atoms with E-state index in [4.69, 9.17) is 4.74 Å². The van der Waals surface area contributed by atoms with Crippen LogP contribution in [-0.4, -0.2) is 12.6 Å². The molecule has 1 N–H and O–H groups in total. The van der Waals surface area contributed by atoms with Crippen molar-refractivity contribution in [3.05, 3.63) is 34.9 Å². The van der Waals surface area contributed by atoms with Gasteiger partial charge in [0, 0.05) is 13.1 Å². The molecule has 1 aliphatic rings. The Kier molecular flexibility index (Phi) is 6.06. The van der Waals surface area contributed by atoms with Crippen molar-refractivity contribution in [1.29, 1.82) is 0 Å². The van der Waals surface area contributed by atoms with E-state index in [0.29, 0.717) is 12.2 Å². The van der Waals surface area contributed by atoms with Gasteiger partial charge in [0.15, 0.2) is 0 Å². The van der Waals surface area contributed by atoms with Crippen LogP contribution >= 0.6 is 0 Å². The van der Waals surface area contributed by atoms with Crippen LogP contribution in [0.15, 0.2) is 18.2 Å². The topological polar surface area (TPSA) is 38.3 Å². The molecule has 0 atom stereocenters. The second kappa shape index (κ2) is 8.05. The van der Waals surface area contributed by atoms with Gasteiger partial charge in [-0.2, -0.15) is 0 Å². The minimum atomic E-state index is -0.187. The van der Waals surface area contributed by atoms with Gasteiger partial charge in [-0.25, -0.2) is 4.79 Å². The largest absolute Gasteiger partial charge is 0.462 e. The number of nitrogens with one attached hydrogen (secondary N) is 1. The SMILES string of the molecule is CCCCCCCCOC(=O)c1ccc2c(c1)CNC2. The van der Waals surface area contributed by atoms with E-state index in [1.165, 1.54) is 36.8 Å². The monoisotopic (exact) mass is 275 g/mol. The van der Waals surface area contributed by atoms with E-state index in [1.54, 1.807) is 0 Å². The van der Waals surface area contributed by atoms with E-state index in [-0.39, 0.29) is 5.97 Å². The molecule has 1 aliphatic heterocycles. The summed E-state index contributed by atoms with van der Waals surface area (Å²) in [7, 11) is 0. The van der Waals surface area contributed by atoms with Crippen LogP contribution in [0.5, 0.6) is 0 Å². The summed E-state index contributed by atoms with van der Waals surface area (Å²) >= 11 is 0. The van der Waals surface area contributed by atoms with Crippen molar-refractivity contribution in [3.8, 4) is 0 Å². The van der Waals surface area contributed by atoms with Crippen LogP contribution in [0.1, 0.15) is 66.9 Å². The summed E-state index contributed by atoms with van der Waals surface area (Å²) in [5.74, 6) is -0.187. The number of rotatable bonds is 8. The first kappa shape index (κ1) is 15.0. The summed E-state index contributed by atoms with van der Waals surface area (Å²) in [6, 6.07) is 5.85. The lowest BCUT2D eigenvalue weighted by molar-refractivity contribution is 0.0497. The Morgan fingerprint density at radius 2 is 1.85 bits per heavy atom. The molecule has 1 heterocycles. The van der Waals surface area contributed by atoms with Gasteiger partial charge in [-0.05, 0) is 29.7 Å². The molecule has 1 aromatic rings. The standard InChI is InChI=1S/C17H25NO2/c1-2-3-4-5-6-7-10-20-17(19)14-8-9-15-12-18-13-16(15)11-14/h8-9,11,18H,2-7,10,12-13H2,1H3. The molecular formula is C17H25NO2. The molecule has 1 aromatic carbocycles. The normalized spacial score (nSPS) is 13.2. The zero-order chi connectivity index (χ0) is 14.2. The summed E-state index contributed by atoms with van der Waals surface area (Å²) < 4.78 is 5.34. The molecule has 110 valence electrons. The van der Waals surface area contributed by atoms with E-state index in [1.807, 2.05) is 18.2 Å². The molecule has 2 rings (SSSR count). The second-order valence-electron chi connectivity index (χ2n) is 5.49. The van der Waals surface area contributed by atoms with Crippen molar-refractivity contribution in [2.75, 3.05) is 6.61 Å². The van der Waals surface area contributed by atoms with Gasteiger partial charge in [-0.3, -0.25) is 0 Å². The van der Waals surface area contributed by atoms with Crippen molar-refractivity contribution in [1.82, 2.24) is 5.32 Å². The number of esters is 1. The van der Waals surface area contributed by atoms with Crippen molar-refractivity contribution in [2.24, 2.45) is 0 Å². The summed E-state index contributed by atoms with van der Waals surface area (Å²) in [6.07, 6.45) is 7.24. The highest BCUT2D eigenvalue weighted by atomic mass is 16.5. The lowest BCUT2D eigenvalue weighted by atomic mass is 10.1. The highest BCUT2D eigenvalue weighted by Crippen LogP contribution is 2.17. The fourth-order valence-corrected chi connectivity index (χ4v) is 2.55. The molecule has 0 spiro atoms. The van der Waals surface area contributed by atoms with Crippen LogP contribution in [0.4, 0.5) is 0 Å². The van der Waals surface area contributed by atoms with Crippen molar-refractivity contribution in [3.63, 3.8) is 0 Å². The van der Waals surface area contributed by atoms with Gasteiger partial charge in [0.1, 0.15) is 0 Å². The van der Waals surface area contributed by atoms with Gasteiger partial charge in [-0.15, -0.1) is 0 Å².